The molecule has 0 saturated heterocycles. The molecule has 0 atom stereocenters. The van der Waals surface area contributed by atoms with E-state index in [-0.39, 0.29) is 18.2 Å². The summed E-state index contributed by atoms with van der Waals surface area (Å²) in [6.07, 6.45) is 6.11. The average Bonchev–Trinajstić information content (AvgIpc) is 2.93. The van der Waals surface area contributed by atoms with Gasteiger partial charge in [-0.1, -0.05) is 87.7 Å². The van der Waals surface area contributed by atoms with E-state index in [0.29, 0.717) is 11.1 Å². The molecule has 0 aromatic heterocycles. The van der Waals surface area contributed by atoms with E-state index in [1.807, 2.05) is 42.5 Å². The standard InChI is InChI=1S/C33H44N2O2.ClH/c1-4-35(5-2)24-12-7-6-8-13-25-37-32-22-20-31(21-23-32)33(36)30-18-16-29(17-19-30)27-34(3)26-28-14-10-9-11-15-28;/h9-11,14-23H,4-8,12-13,24-27H2,1-3H3;1H. The van der Waals surface area contributed by atoms with E-state index in [1.165, 1.54) is 43.4 Å². The van der Waals surface area contributed by atoms with Crippen molar-refractivity contribution >= 4 is 18.2 Å². The van der Waals surface area contributed by atoms with E-state index in [9.17, 15) is 4.79 Å². The summed E-state index contributed by atoms with van der Waals surface area (Å²) in [6, 6.07) is 26.0. The fraction of sp³-hybridized carbons (Fsp3) is 0.424. The molecule has 3 aromatic rings. The Labute approximate surface area is 236 Å². The minimum atomic E-state index is 0. The fourth-order valence-electron chi connectivity index (χ4n) is 4.59. The van der Waals surface area contributed by atoms with Crippen molar-refractivity contribution in [1.82, 2.24) is 9.80 Å². The third-order valence-electron chi connectivity index (χ3n) is 6.86. The fourth-order valence-corrected chi connectivity index (χ4v) is 4.59. The number of carbonyl (C=O) groups is 1. The van der Waals surface area contributed by atoms with Gasteiger partial charge in [0.1, 0.15) is 5.75 Å². The summed E-state index contributed by atoms with van der Waals surface area (Å²) in [5.74, 6) is 0.871. The molecule has 0 fully saturated rings. The van der Waals surface area contributed by atoms with E-state index in [4.69, 9.17) is 4.74 Å². The van der Waals surface area contributed by atoms with Gasteiger partial charge in [0.15, 0.2) is 5.78 Å². The number of carbonyl (C=O) groups excluding carboxylic acids is 1. The van der Waals surface area contributed by atoms with Gasteiger partial charge in [-0.25, -0.2) is 0 Å². The summed E-state index contributed by atoms with van der Waals surface area (Å²) in [5, 5.41) is 0. The van der Waals surface area contributed by atoms with Crippen molar-refractivity contribution in [2.45, 2.75) is 59.0 Å². The number of halogens is 1. The predicted octanol–water partition coefficient (Wildman–Crippen LogP) is 7.64. The first-order valence-electron chi connectivity index (χ1n) is 13.9. The lowest BCUT2D eigenvalue weighted by Gasteiger charge is -2.17. The van der Waals surface area contributed by atoms with Crippen molar-refractivity contribution in [1.29, 1.82) is 0 Å². The van der Waals surface area contributed by atoms with Crippen LogP contribution in [0.4, 0.5) is 0 Å². The molecule has 0 spiro atoms. The molecule has 0 saturated carbocycles. The summed E-state index contributed by atoms with van der Waals surface area (Å²) in [4.78, 5) is 17.7. The highest BCUT2D eigenvalue weighted by molar-refractivity contribution is 6.09. The molecule has 3 rings (SSSR count). The Balaban J connectivity index is 0.00000507. The van der Waals surface area contributed by atoms with Gasteiger partial charge in [0, 0.05) is 24.2 Å². The molecule has 206 valence electrons. The van der Waals surface area contributed by atoms with Crippen LogP contribution in [0.1, 0.15) is 73.0 Å². The van der Waals surface area contributed by atoms with Crippen molar-refractivity contribution in [3.05, 3.63) is 101 Å². The highest BCUT2D eigenvalue weighted by Crippen LogP contribution is 2.17. The highest BCUT2D eigenvalue weighted by Gasteiger charge is 2.10. The number of nitrogens with zero attached hydrogens (tertiary/aromatic N) is 2. The molecule has 5 heteroatoms. The topological polar surface area (TPSA) is 32.8 Å². The lowest BCUT2D eigenvalue weighted by atomic mass is 10.0. The van der Waals surface area contributed by atoms with E-state index >= 15 is 0 Å². The summed E-state index contributed by atoms with van der Waals surface area (Å²) >= 11 is 0. The van der Waals surface area contributed by atoms with Crippen LogP contribution in [0.3, 0.4) is 0 Å². The zero-order valence-electron chi connectivity index (χ0n) is 23.4. The molecule has 0 amide bonds. The molecule has 0 N–H and O–H groups in total. The first-order chi connectivity index (χ1) is 18.1. The molecule has 0 radical (unpaired) electrons. The summed E-state index contributed by atoms with van der Waals surface area (Å²) in [5.41, 5.74) is 3.90. The Bertz CT molecular complexity index is 1030. The van der Waals surface area contributed by atoms with Gasteiger partial charge in [0.05, 0.1) is 6.61 Å². The van der Waals surface area contributed by atoms with Crippen LogP contribution in [0.15, 0.2) is 78.9 Å². The molecule has 0 aliphatic heterocycles. The minimum Gasteiger partial charge on any atom is -0.494 e. The molecule has 0 unspecified atom stereocenters. The first kappa shape index (κ1) is 31.6. The van der Waals surface area contributed by atoms with Gasteiger partial charge in [-0.05, 0) is 74.9 Å². The Morgan fingerprint density at radius 3 is 1.82 bits per heavy atom. The Kier molecular flexibility index (Phi) is 14.8. The van der Waals surface area contributed by atoms with Crippen molar-refractivity contribution in [2.75, 3.05) is 33.3 Å². The van der Waals surface area contributed by atoms with Crippen LogP contribution in [0.2, 0.25) is 0 Å². The van der Waals surface area contributed by atoms with Gasteiger partial charge in [-0.2, -0.15) is 0 Å². The van der Waals surface area contributed by atoms with Crippen LogP contribution in [0.25, 0.3) is 0 Å². The lowest BCUT2D eigenvalue weighted by molar-refractivity contribution is 0.103. The number of rotatable bonds is 17. The Morgan fingerprint density at radius 2 is 1.21 bits per heavy atom. The maximum Gasteiger partial charge on any atom is 0.193 e. The first-order valence-corrected chi connectivity index (χ1v) is 13.9. The molecule has 4 nitrogen and oxygen atoms in total. The van der Waals surface area contributed by atoms with Crippen LogP contribution in [-0.2, 0) is 13.1 Å². The lowest BCUT2D eigenvalue weighted by Crippen LogP contribution is -2.23. The molecule has 0 aliphatic rings. The highest BCUT2D eigenvalue weighted by atomic mass is 35.5. The van der Waals surface area contributed by atoms with Gasteiger partial charge in [-0.15, -0.1) is 12.4 Å². The predicted molar refractivity (Wildman–Crippen MR) is 162 cm³/mol. The maximum atomic E-state index is 12.9. The monoisotopic (exact) mass is 536 g/mol. The van der Waals surface area contributed by atoms with E-state index < -0.39 is 0 Å². The zero-order chi connectivity index (χ0) is 26.3. The molecule has 3 aromatic carbocycles. The van der Waals surface area contributed by atoms with Crippen LogP contribution in [0.5, 0.6) is 5.75 Å². The van der Waals surface area contributed by atoms with Gasteiger partial charge >= 0.3 is 0 Å². The number of ketones is 1. The average molecular weight is 537 g/mol. The second-order valence-electron chi connectivity index (χ2n) is 9.85. The number of benzene rings is 3. The summed E-state index contributed by atoms with van der Waals surface area (Å²) in [7, 11) is 2.12. The smallest absolute Gasteiger partial charge is 0.193 e. The second-order valence-corrected chi connectivity index (χ2v) is 9.85. The SMILES string of the molecule is CCN(CC)CCCCCCCOc1ccc(C(=O)c2ccc(CN(C)Cc3ccccc3)cc2)cc1.Cl. The van der Waals surface area contributed by atoms with Crippen LogP contribution < -0.4 is 4.74 Å². The van der Waals surface area contributed by atoms with Crippen molar-refractivity contribution in [2.24, 2.45) is 0 Å². The molecule has 0 heterocycles. The quantitative estimate of drug-likeness (QED) is 0.131. The maximum absolute atomic E-state index is 12.9. The largest absolute Gasteiger partial charge is 0.494 e. The third-order valence-corrected chi connectivity index (χ3v) is 6.86. The Hall–Kier alpha value is -2.66. The van der Waals surface area contributed by atoms with E-state index in [1.54, 1.807) is 0 Å². The zero-order valence-corrected chi connectivity index (χ0v) is 24.2. The van der Waals surface area contributed by atoms with Crippen molar-refractivity contribution < 1.29 is 9.53 Å². The normalized spacial score (nSPS) is 11.0. The summed E-state index contributed by atoms with van der Waals surface area (Å²) < 4.78 is 5.90. The van der Waals surface area contributed by atoms with Crippen LogP contribution in [-0.4, -0.2) is 48.9 Å². The van der Waals surface area contributed by atoms with Gasteiger partial charge in [0.25, 0.3) is 0 Å². The second kappa shape index (κ2) is 17.8. The van der Waals surface area contributed by atoms with Crippen LogP contribution >= 0.6 is 12.4 Å². The third kappa shape index (κ3) is 11.0. The Morgan fingerprint density at radius 1 is 0.684 bits per heavy atom. The molecular weight excluding hydrogens is 492 g/mol. The molecule has 38 heavy (non-hydrogen) atoms. The molecule has 0 bridgehead atoms. The van der Waals surface area contributed by atoms with Crippen molar-refractivity contribution in [3.63, 3.8) is 0 Å². The van der Waals surface area contributed by atoms with Gasteiger partial charge in [0.2, 0.25) is 0 Å². The van der Waals surface area contributed by atoms with Crippen molar-refractivity contribution in [3.8, 4) is 5.75 Å². The molecular formula is C33H45ClN2O2. The van der Waals surface area contributed by atoms with Gasteiger partial charge in [-0.3, -0.25) is 9.69 Å². The summed E-state index contributed by atoms with van der Waals surface area (Å²) in [6.45, 7) is 10.4. The minimum absolute atomic E-state index is 0. The number of hydrogen-bond acceptors (Lipinski definition) is 4. The number of unbranched alkanes of at least 4 members (excludes halogenated alkanes) is 4. The number of ether oxygens (including phenoxy) is 1. The number of hydrogen-bond donors (Lipinski definition) is 0. The van der Waals surface area contributed by atoms with E-state index in [0.717, 1.165) is 45.0 Å². The van der Waals surface area contributed by atoms with E-state index in [2.05, 4.69) is 67.1 Å². The van der Waals surface area contributed by atoms with Gasteiger partial charge < -0.3 is 9.64 Å². The van der Waals surface area contributed by atoms with Crippen LogP contribution in [0, 0.1) is 0 Å². The molecule has 0 aliphatic carbocycles.